The second kappa shape index (κ2) is 10.8. The first-order valence-corrected chi connectivity index (χ1v) is 11.8. The van der Waals surface area contributed by atoms with Crippen LogP contribution < -0.4 is 19.7 Å². The van der Waals surface area contributed by atoms with Gasteiger partial charge in [0.1, 0.15) is 12.2 Å². The molecule has 0 unspecified atom stereocenters. The average molecular weight is 525 g/mol. The number of hydrogen-bond acceptors (Lipinski definition) is 5. The smallest absolute Gasteiger partial charge is 0.335 e. The van der Waals surface area contributed by atoms with Crippen LogP contribution in [-0.4, -0.2) is 24.5 Å². The average Bonchev–Trinajstić information content (AvgIpc) is 2.82. The molecule has 1 heterocycles. The molecule has 0 radical (unpaired) electrons. The van der Waals surface area contributed by atoms with Gasteiger partial charge in [-0.15, -0.1) is 0 Å². The molecule has 0 saturated carbocycles. The Morgan fingerprint density at radius 1 is 0.944 bits per heavy atom. The van der Waals surface area contributed by atoms with Gasteiger partial charge in [-0.25, -0.2) is 9.69 Å². The Balaban J connectivity index is 1.67. The van der Waals surface area contributed by atoms with E-state index < -0.39 is 17.8 Å². The highest BCUT2D eigenvalue weighted by Gasteiger charge is 2.37. The summed E-state index contributed by atoms with van der Waals surface area (Å²) < 4.78 is 11.6. The SMILES string of the molecule is CCOc1cc(/C=C2\C(=O)NC(=O)N(c3cccc(C)c3)C2=O)cc(Cl)c1OCc1ccccc1Cl. The number of urea groups is 1. The number of carbonyl (C=O) groups excluding carboxylic acids is 3. The molecule has 1 N–H and O–H groups in total. The van der Waals surface area contributed by atoms with Gasteiger partial charge in [0.2, 0.25) is 0 Å². The maximum absolute atomic E-state index is 13.2. The van der Waals surface area contributed by atoms with Gasteiger partial charge in [-0.2, -0.15) is 0 Å². The van der Waals surface area contributed by atoms with Crippen LogP contribution in [0.2, 0.25) is 10.0 Å². The van der Waals surface area contributed by atoms with Gasteiger partial charge >= 0.3 is 6.03 Å². The van der Waals surface area contributed by atoms with Crippen LogP contribution in [0.25, 0.3) is 6.08 Å². The van der Waals surface area contributed by atoms with Gasteiger partial charge < -0.3 is 9.47 Å². The lowest BCUT2D eigenvalue weighted by Crippen LogP contribution is -2.54. The molecule has 184 valence electrons. The summed E-state index contributed by atoms with van der Waals surface area (Å²) in [5, 5.41) is 2.99. The van der Waals surface area contributed by atoms with Gasteiger partial charge in [0.15, 0.2) is 11.5 Å². The fourth-order valence-electron chi connectivity index (χ4n) is 3.67. The zero-order valence-corrected chi connectivity index (χ0v) is 21.0. The number of nitrogens with zero attached hydrogens (tertiary/aromatic N) is 1. The van der Waals surface area contributed by atoms with Crippen molar-refractivity contribution < 1.29 is 23.9 Å². The van der Waals surface area contributed by atoms with Crippen molar-refractivity contribution in [1.29, 1.82) is 0 Å². The molecule has 1 fully saturated rings. The quantitative estimate of drug-likeness (QED) is 0.305. The minimum atomic E-state index is -0.816. The topological polar surface area (TPSA) is 84.9 Å². The van der Waals surface area contributed by atoms with E-state index in [1.807, 2.05) is 31.2 Å². The van der Waals surface area contributed by atoms with E-state index in [0.29, 0.717) is 34.4 Å². The maximum atomic E-state index is 13.2. The Morgan fingerprint density at radius 2 is 1.72 bits per heavy atom. The maximum Gasteiger partial charge on any atom is 0.335 e. The van der Waals surface area contributed by atoms with Gasteiger partial charge in [0.25, 0.3) is 11.8 Å². The van der Waals surface area contributed by atoms with E-state index in [1.54, 1.807) is 43.3 Å². The van der Waals surface area contributed by atoms with Gasteiger partial charge in [0.05, 0.1) is 17.3 Å². The Bertz CT molecular complexity index is 1390. The summed E-state index contributed by atoms with van der Waals surface area (Å²) in [5.74, 6) is -0.916. The minimum absolute atomic E-state index is 0.161. The van der Waals surface area contributed by atoms with Crippen LogP contribution in [0.4, 0.5) is 10.5 Å². The molecule has 1 saturated heterocycles. The first-order chi connectivity index (χ1) is 17.3. The monoisotopic (exact) mass is 524 g/mol. The van der Waals surface area contributed by atoms with E-state index in [2.05, 4.69) is 5.32 Å². The van der Waals surface area contributed by atoms with E-state index >= 15 is 0 Å². The third-order valence-corrected chi connectivity index (χ3v) is 5.98. The number of rotatable bonds is 7. The van der Waals surface area contributed by atoms with Crippen molar-refractivity contribution in [2.75, 3.05) is 11.5 Å². The molecule has 9 heteroatoms. The molecule has 3 aromatic rings. The lowest BCUT2D eigenvalue weighted by Gasteiger charge is -2.26. The van der Waals surface area contributed by atoms with Gasteiger partial charge in [-0.05, 0) is 61.4 Å². The molecule has 36 heavy (non-hydrogen) atoms. The highest BCUT2D eigenvalue weighted by molar-refractivity contribution is 6.39. The normalized spacial score (nSPS) is 14.7. The number of barbiturate groups is 1. The number of anilines is 1. The fraction of sp³-hybridized carbons (Fsp3) is 0.148. The molecule has 0 aliphatic carbocycles. The van der Waals surface area contributed by atoms with Crippen molar-refractivity contribution in [2.24, 2.45) is 0 Å². The zero-order valence-electron chi connectivity index (χ0n) is 19.5. The van der Waals surface area contributed by atoms with Crippen molar-refractivity contribution in [3.8, 4) is 11.5 Å². The number of nitrogens with one attached hydrogen (secondary N) is 1. The van der Waals surface area contributed by atoms with Crippen LogP contribution in [0.1, 0.15) is 23.6 Å². The first-order valence-electron chi connectivity index (χ1n) is 11.1. The number of carbonyl (C=O) groups is 3. The lowest BCUT2D eigenvalue weighted by atomic mass is 10.1. The zero-order chi connectivity index (χ0) is 25.8. The summed E-state index contributed by atoms with van der Waals surface area (Å²) in [4.78, 5) is 39.1. The molecular formula is C27H22Cl2N2O5. The van der Waals surface area contributed by atoms with Crippen LogP contribution in [-0.2, 0) is 16.2 Å². The fourth-order valence-corrected chi connectivity index (χ4v) is 4.13. The predicted octanol–water partition coefficient (Wildman–Crippen LogP) is 5.95. The lowest BCUT2D eigenvalue weighted by molar-refractivity contribution is -0.122. The predicted molar refractivity (Wildman–Crippen MR) is 139 cm³/mol. The van der Waals surface area contributed by atoms with E-state index in [0.717, 1.165) is 16.0 Å². The van der Waals surface area contributed by atoms with Crippen LogP contribution in [0.3, 0.4) is 0 Å². The summed E-state index contributed by atoms with van der Waals surface area (Å²) in [6.45, 7) is 4.13. The number of imide groups is 2. The summed E-state index contributed by atoms with van der Waals surface area (Å²) in [6, 6.07) is 16.5. The third kappa shape index (κ3) is 5.37. The van der Waals surface area contributed by atoms with E-state index in [9.17, 15) is 14.4 Å². The number of halogens is 2. The van der Waals surface area contributed by atoms with Crippen LogP contribution in [0, 0.1) is 6.92 Å². The van der Waals surface area contributed by atoms with Crippen molar-refractivity contribution >= 4 is 52.8 Å². The Labute approximate surface area is 218 Å². The number of hydrogen-bond donors (Lipinski definition) is 1. The first kappa shape index (κ1) is 25.3. The molecule has 7 nitrogen and oxygen atoms in total. The largest absolute Gasteiger partial charge is 0.490 e. The summed E-state index contributed by atoms with van der Waals surface area (Å²) >= 11 is 12.7. The Morgan fingerprint density at radius 3 is 2.44 bits per heavy atom. The highest BCUT2D eigenvalue weighted by atomic mass is 35.5. The van der Waals surface area contributed by atoms with Crippen LogP contribution in [0.5, 0.6) is 11.5 Å². The Kier molecular flexibility index (Phi) is 7.62. The third-order valence-electron chi connectivity index (χ3n) is 5.33. The van der Waals surface area contributed by atoms with Gasteiger partial charge in [-0.1, -0.05) is 53.5 Å². The van der Waals surface area contributed by atoms with Gasteiger partial charge in [0, 0.05) is 10.6 Å². The van der Waals surface area contributed by atoms with Crippen molar-refractivity contribution in [2.45, 2.75) is 20.5 Å². The summed E-state index contributed by atoms with van der Waals surface area (Å²) in [6.07, 6.45) is 1.36. The minimum Gasteiger partial charge on any atom is -0.490 e. The van der Waals surface area contributed by atoms with Crippen LogP contribution >= 0.6 is 23.2 Å². The molecule has 1 aliphatic rings. The second-order valence-electron chi connectivity index (χ2n) is 7.94. The second-order valence-corrected chi connectivity index (χ2v) is 8.75. The summed E-state index contributed by atoms with van der Waals surface area (Å²) in [7, 11) is 0. The van der Waals surface area contributed by atoms with E-state index in [4.69, 9.17) is 32.7 Å². The van der Waals surface area contributed by atoms with Crippen molar-refractivity contribution in [1.82, 2.24) is 5.32 Å². The van der Waals surface area contributed by atoms with Crippen LogP contribution in [0.15, 0.2) is 66.2 Å². The number of aryl methyl sites for hydroxylation is 1. The Hall–Kier alpha value is -3.81. The molecule has 4 amide bonds. The molecule has 0 atom stereocenters. The summed E-state index contributed by atoms with van der Waals surface area (Å²) in [5.41, 5.74) is 2.18. The molecule has 0 aromatic heterocycles. The van der Waals surface area contributed by atoms with Gasteiger partial charge in [-0.3, -0.25) is 14.9 Å². The molecule has 4 rings (SSSR count). The number of benzene rings is 3. The standard InChI is InChI=1S/C27H22Cl2N2O5/c1-3-35-23-14-17(13-22(29)24(23)36-15-18-8-4-5-10-21(18)28)12-20-25(32)30-27(34)31(26(20)33)19-9-6-7-16(2)11-19/h4-14H,3,15H2,1-2H3,(H,30,32,34)/b20-12+. The van der Waals surface area contributed by atoms with Crippen molar-refractivity contribution in [3.63, 3.8) is 0 Å². The van der Waals surface area contributed by atoms with E-state index in [1.165, 1.54) is 6.08 Å². The van der Waals surface area contributed by atoms with E-state index in [-0.39, 0.29) is 17.2 Å². The number of ether oxygens (including phenoxy) is 2. The molecule has 0 spiro atoms. The highest BCUT2D eigenvalue weighted by Crippen LogP contribution is 2.38. The molecular weight excluding hydrogens is 503 g/mol. The molecule has 3 aromatic carbocycles. The molecule has 1 aliphatic heterocycles. The molecule has 0 bridgehead atoms. The number of amides is 4. The van der Waals surface area contributed by atoms with Crippen molar-refractivity contribution in [3.05, 3.63) is 93.0 Å².